The van der Waals surface area contributed by atoms with Gasteiger partial charge in [0.25, 0.3) is 10.0 Å². The van der Waals surface area contributed by atoms with E-state index in [4.69, 9.17) is 9.47 Å². The summed E-state index contributed by atoms with van der Waals surface area (Å²) >= 11 is 0. The number of carbonyl (C=O) groups is 2. The Morgan fingerprint density at radius 1 is 1.00 bits per heavy atom. The van der Waals surface area contributed by atoms with Gasteiger partial charge >= 0.3 is 12.1 Å². The van der Waals surface area contributed by atoms with Gasteiger partial charge in [0.2, 0.25) is 0 Å². The summed E-state index contributed by atoms with van der Waals surface area (Å²) in [5.41, 5.74) is 2.04. The molecule has 1 N–H and O–H groups in total. The summed E-state index contributed by atoms with van der Waals surface area (Å²) in [6, 6.07) is 6.74. The van der Waals surface area contributed by atoms with Crippen molar-refractivity contribution in [2.45, 2.75) is 95.6 Å². The molecule has 218 valence electrons. The summed E-state index contributed by atoms with van der Waals surface area (Å²) in [6.07, 6.45) is 8.04. The molecule has 9 heteroatoms. The number of amides is 1. The first-order valence-electron chi connectivity index (χ1n) is 14.4. The zero-order valence-corrected chi connectivity index (χ0v) is 25.1. The number of alkyl carbamates (subject to hydrolysis) is 1. The van der Waals surface area contributed by atoms with Gasteiger partial charge in [-0.05, 0) is 120 Å². The summed E-state index contributed by atoms with van der Waals surface area (Å²) < 4.78 is 39.2. The summed E-state index contributed by atoms with van der Waals surface area (Å²) in [7, 11) is -2.50. The normalized spacial score (nSPS) is 27.1. The van der Waals surface area contributed by atoms with E-state index >= 15 is 0 Å². The molecule has 1 heterocycles. The first-order valence-corrected chi connectivity index (χ1v) is 15.9. The standard InChI is InChI=1S/C31H42N2O6S/c1-19-6-9-27(10-7-19)40(36,37)33-18-26(20(2)21(33)3)16-31(4,17-29(34)38-5)32-30(35)39-28-11-8-23-12-22-13-24(23)15-25(28)14-22/h6-7,9-10,18,22-25,28H,8,11-17H2,1-5H3,(H,32,35). The van der Waals surface area contributed by atoms with Gasteiger partial charge in [-0.1, -0.05) is 17.7 Å². The number of nitrogens with zero attached hydrogens (tertiary/aromatic N) is 1. The maximum absolute atomic E-state index is 13.5. The molecule has 1 aromatic heterocycles. The number of fused-ring (bicyclic) bond motifs is 2. The maximum atomic E-state index is 13.5. The van der Waals surface area contributed by atoms with E-state index < -0.39 is 27.6 Å². The van der Waals surface area contributed by atoms with Crippen LogP contribution in [0.2, 0.25) is 0 Å². The zero-order chi connectivity index (χ0) is 28.8. The molecular weight excluding hydrogens is 528 g/mol. The molecule has 40 heavy (non-hydrogen) atoms. The Morgan fingerprint density at radius 2 is 1.68 bits per heavy atom. The predicted octanol–water partition coefficient (Wildman–Crippen LogP) is 5.46. The lowest BCUT2D eigenvalue weighted by atomic mass is 9.78. The lowest BCUT2D eigenvalue weighted by Gasteiger charge is -2.34. The topological polar surface area (TPSA) is 104 Å². The first kappa shape index (κ1) is 28.7. The van der Waals surface area contributed by atoms with Crippen molar-refractivity contribution < 1.29 is 27.5 Å². The van der Waals surface area contributed by atoms with Gasteiger partial charge in [-0.25, -0.2) is 17.2 Å². The third-order valence-electron chi connectivity index (χ3n) is 9.74. The number of esters is 1. The second kappa shape index (κ2) is 10.9. The highest BCUT2D eigenvalue weighted by Gasteiger charge is 2.46. The Balaban J connectivity index is 1.35. The lowest BCUT2D eigenvalue weighted by Crippen LogP contribution is -2.50. The van der Waals surface area contributed by atoms with Crippen LogP contribution < -0.4 is 5.32 Å². The van der Waals surface area contributed by atoms with Gasteiger partial charge in [-0.15, -0.1) is 0 Å². The van der Waals surface area contributed by atoms with Crippen molar-refractivity contribution in [2.75, 3.05) is 7.11 Å². The quantitative estimate of drug-likeness (QED) is 0.423. The van der Waals surface area contributed by atoms with Crippen LogP contribution >= 0.6 is 0 Å². The maximum Gasteiger partial charge on any atom is 0.407 e. The van der Waals surface area contributed by atoms with Crippen LogP contribution in [0.5, 0.6) is 0 Å². The van der Waals surface area contributed by atoms with Gasteiger partial charge in [0.05, 0.1) is 24.0 Å². The number of methoxy groups -OCH3 is 1. The van der Waals surface area contributed by atoms with E-state index in [1.54, 1.807) is 44.3 Å². The number of benzene rings is 1. The minimum atomic E-state index is -3.81. The van der Waals surface area contributed by atoms with Crippen molar-refractivity contribution >= 4 is 22.1 Å². The fraction of sp³-hybridized carbons (Fsp3) is 0.613. The summed E-state index contributed by atoms with van der Waals surface area (Å²) in [5, 5.41) is 2.98. The number of hydrogen-bond acceptors (Lipinski definition) is 6. The molecule has 8 nitrogen and oxygen atoms in total. The minimum Gasteiger partial charge on any atom is -0.469 e. The molecule has 1 amide bonds. The summed E-state index contributed by atoms with van der Waals surface area (Å²) in [5.74, 6) is 2.24. The molecule has 2 aromatic rings. The molecule has 0 aliphatic heterocycles. The third-order valence-corrected chi connectivity index (χ3v) is 11.5. The van der Waals surface area contributed by atoms with E-state index in [1.807, 2.05) is 13.8 Å². The average Bonchev–Trinajstić information content (AvgIpc) is 3.30. The highest BCUT2D eigenvalue weighted by atomic mass is 32.2. The number of carbonyl (C=O) groups excluding carboxylic acids is 2. The molecule has 3 fully saturated rings. The van der Waals surface area contributed by atoms with Crippen LogP contribution in [-0.4, -0.2) is 43.2 Å². The van der Waals surface area contributed by atoms with Gasteiger partial charge in [0, 0.05) is 11.9 Å². The second-order valence-corrected chi connectivity index (χ2v) is 14.5. The van der Waals surface area contributed by atoms with Crippen LogP contribution in [0.1, 0.15) is 74.3 Å². The average molecular weight is 571 g/mol. The molecule has 5 rings (SSSR count). The fourth-order valence-electron chi connectivity index (χ4n) is 7.52. The van der Waals surface area contributed by atoms with Gasteiger partial charge in [0.1, 0.15) is 6.10 Å². The molecular formula is C31H42N2O6S. The van der Waals surface area contributed by atoms with Gasteiger partial charge in [0.15, 0.2) is 0 Å². The molecule has 0 saturated heterocycles. The fourth-order valence-corrected chi connectivity index (χ4v) is 8.99. The highest BCUT2D eigenvalue weighted by molar-refractivity contribution is 7.90. The van der Waals surface area contributed by atoms with E-state index in [0.29, 0.717) is 11.6 Å². The first-order chi connectivity index (χ1) is 18.9. The van der Waals surface area contributed by atoms with Crippen molar-refractivity contribution in [3.8, 4) is 0 Å². The molecule has 3 saturated carbocycles. The highest BCUT2D eigenvalue weighted by Crippen LogP contribution is 2.53. The number of ether oxygens (including phenoxy) is 2. The zero-order valence-electron chi connectivity index (χ0n) is 24.2. The van der Waals surface area contributed by atoms with E-state index in [-0.39, 0.29) is 23.8 Å². The van der Waals surface area contributed by atoms with Crippen LogP contribution in [0.4, 0.5) is 4.79 Å². The van der Waals surface area contributed by atoms with Gasteiger partial charge < -0.3 is 14.8 Å². The van der Waals surface area contributed by atoms with Crippen LogP contribution in [-0.2, 0) is 30.7 Å². The number of hydrogen-bond donors (Lipinski definition) is 1. The Labute approximate surface area is 237 Å². The van der Waals surface area contributed by atoms with E-state index in [1.165, 1.54) is 23.9 Å². The number of aryl methyl sites for hydroxylation is 1. The Kier molecular flexibility index (Phi) is 7.81. The Bertz CT molecular complexity index is 1380. The lowest BCUT2D eigenvalue weighted by molar-refractivity contribution is -0.142. The van der Waals surface area contributed by atoms with Crippen LogP contribution in [0.25, 0.3) is 0 Å². The SMILES string of the molecule is COC(=O)CC(C)(Cc1cn(S(=O)(=O)c2ccc(C)cc2)c(C)c1C)NC(=O)OC1CCC2CC3CC2CC1C3. The molecule has 3 bridgehead atoms. The number of rotatable bonds is 8. The molecule has 1 aromatic carbocycles. The largest absolute Gasteiger partial charge is 0.469 e. The van der Waals surface area contributed by atoms with Crippen molar-refractivity contribution in [2.24, 2.45) is 23.7 Å². The Morgan fingerprint density at radius 3 is 2.38 bits per heavy atom. The van der Waals surface area contributed by atoms with Crippen molar-refractivity contribution in [1.82, 2.24) is 9.29 Å². The molecule has 0 radical (unpaired) electrons. The monoisotopic (exact) mass is 570 g/mol. The number of nitrogens with one attached hydrogen (secondary N) is 1. The predicted molar refractivity (Wildman–Crippen MR) is 151 cm³/mol. The number of aromatic nitrogens is 1. The second-order valence-electron chi connectivity index (χ2n) is 12.7. The van der Waals surface area contributed by atoms with Gasteiger partial charge in [-0.2, -0.15) is 0 Å². The van der Waals surface area contributed by atoms with Crippen LogP contribution in [0, 0.1) is 44.4 Å². The third kappa shape index (κ3) is 5.67. The van der Waals surface area contributed by atoms with Crippen LogP contribution in [0.15, 0.2) is 35.4 Å². The molecule has 6 unspecified atom stereocenters. The molecule has 0 spiro atoms. The van der Waals surface area contributed by atoms with Crippen LogP contribution in [0.3, 0.4) is 0 Å². The molecule has 6 atom stereocenters. The van der Waals surface area contributed by atoms with Crippen molar-refractivity contribution in [3.05, 3.63) is 52.8 Å². The smallest absolute Gasteiger partial charge is 0.407 e. The summed E-state index contributed by atoms with van der Waals surface area (Å²) in [6.45, 7) is 7.31. The van der Waals surface area contributed by atoms with E-state index in [9.17, 15) is 18.0 Å². The van der Waals surface area contributed by atoms with E-state index in [0.717, 1.165) is 60.1 Å². The Hall–Kier alpha value is -2.81. The van der Waals surface area contributed by atoms with Gasteiger partial charge in [-0.3, -0.25) is 4.79 Å². The minimum absolute atomic E-state index is 0.0761. The molecule has 3 aliphatic carbocycles. The summed E-state index contributed by atoms with van der Waals surface area (Å²) in [4.78, 5) is 25.9. The van der Waals surface area contributed by atoms with E-state index in [2.05, 4.69) is 5.32 Å². The van der Waals surface area contributed by atoms with Crippen molar-refractivity contribution in [3.63, 3.8) is 0 Å². The molecule has 3 aliphatic rings. The van der Waals surface area contributed by atoms with Crippen molar-refractivity contribution in [1.29, 1.82) is 0 Å².